The molecular formula is C18H21N3O2. The predicted octanol–water partition coefficient (Wildman–Crippen LogP) is 2.66. The first kappa shape index (κ1) is 16.5. The zero-order valence-corrected chi connectivity index (χ0v) is 13.2. The number of nitrogens with zero attached hydrogens (tertiary/aromatic N) is 1. The average Bonchev–Trinajstić information content (AvgIpc) is 2.60. The molecule has 23 heavy (non-hydrogen) atoms. The zero-order chi connectivity index (χ0) is 16.5. The summed E-state index contributed by atoms with van der Waals surface area (Å²) in [4.78, 5) is 16.0. The quantitative estimate of drug-likeness (QED) is 0.736. The molecule has 5 heteroatoms. The van der Waals surface area contributed by atoms with Crippen molar-refractivity contribution in [3.8, 4) is 5.75 Å². The third kappa shape index (κ3) is 5.14. The summed E-state index contributed by atoms with van der Waals surface area (Å²) in [6.07, 6.45) is 5.77. The van der Waals surface area contributed by atoms with Crippen LogP contribution in [0.3, 0.4) is 0 Å². The van der Waals surface area contributed by atoms with Crippen LogP contribution in [0.1, 0.15) is 15.9 Å². The Bertz CT molecular complexity index is 654. The molecule has 0 spiro atoms. The summed E-state index contributed by atoms with van der Waals surface area (Å²) in [6, 6.07) is 9.76. The Balaban J connectivity index is 1.87. The Morgan fingerprint density at radius 3 is 2.78 bits per heavy atom. The second-order valence-electron chi connectivity index (χ2n) is 4.99. The number of carbonyl (C=O) groups excluding carboxylic acids is 1. The number of rotatable bonds is 8. The van der Waals surface area contributed by atoms with Crippen LogP contribution in [0.25, 0.3) is 0 Å². The molecule has 0 aliphatic carbocycles. The minimum Gasteiger partial charge on any atom is -0.497 e. The molecule has 0 fully saturated rings. The summed E-state index contributed by atoms with van der Waals surface area (Å²) in [5.41, 5.74) is 2.57. The van der Waals surface area contributed by atoms with Crippen LogP contribution in [-0.4, -0.2) is 31.1 Å². The molecule has 0 aliphatic heterocycles. The van der Waals surface area contributed by atoms with Crippen LogP contribution >= 0.6 is 0 Å². The summed E-state index contributed by atoms with van der Waals surface area (Å²) in [7, 11) is 1.65. The van der Waals surface area contributed by atoms with Gasteiger partial charge >= 0.3 is 0 Å². The standard InChI is InChI=1S/C18H21N3O2/c1-3-9-21-18(22)15-11-16(13-19-12-15)20-10-8-14-4-6-17(23-2)7-5-14/h3-7,11-13,20H,1,8-10H2,2H3,(H,21,22). The largest absolute Gasteiger partial charge is 0.497 e. The molecule has 1 aromatic heterocycles. The van der Waals surface area contributed by atoms with Crippen molar-refractivity contribution in [2.24, 2.45) is 0 Å². The smallest absolute Gasteiger partial charge is 0.253 e. The van der Waals surface area contributed by atoms with Crippen LogP contribution in [0, 0.1) is 0 Å². The first-order valence-electron chi connectivity index (χ1n) is 7.44. The number of hydrogen-bond donors (Lipinski definition) is 2. The van der Waals surface area contributed by atoms with Gasteiger partial charge in [-0.05, 0) is 30.2 Å². The molecule has 0 radical (unpaired) electrons. The summed E-state index contributed by atoms with van der Waals surface area (Å²) in [6.45, 7) is 4.77. The fourth-order valence-electron chi connectivity index (χ4n) is 2.07. The van der Waals surface area contributed by atoms with Gasteiger partial charge in [-0.3, -0.25) is 9.78 Å². The first-order valence-corrected chi connectivity index (χ1v) is 7.44. The Hall–Kier alpha value is -2.82. The lowest BCUT2D eigenvalue weighted by Crippen LogP contribution is -2.23. The predicted molar refractivity (Wildman–Crippen MR) is 92.0 cm³/mol. The number of anilines is 1. The Morgan fingerprint density at radius 1 is 1.30 bits per heavy atom. The summed E-state index contributed by atoms with van der Waals surface area (Å²) in [5.74, 6) is 0.695. The van der Waals surface area contributed by atoms with Crippen LogP contribution in [0.2, 0.25) is 0 Å². The Morgan fingerprint density at radius 2 is 2.09 bits per heavy atom. The van der Waals surface area contributed by atoms with Crippen molar-refractivity contribution in [3.63, 3.8) is 0 Å². The highest BCUT2D eigenvalue weighted by Gasteiger charge is 2.05. The van der Waals surface area contributed by atoms with Gasteiger partial charge in [-0.2, -0.15) is 0 Å². The van der Waals surface area contributed by atoms with Gasteiger partial charge in [0.1, 0.15) is 5.75 Å². The summed E-state index contributed by atoms with van der Waals surface area (Å²) >= 11 is 0. The van der Waals surface area contributed by atoms with Crippen LogP contribution in [0.15, 0.2) is 55.4 Å². The van der Waals surface area contributed by atoms with Crippen molar-refractivity contribution < 1.29 is 9.53 Å². The maximum atomic E-state index is 11.9. The molecule has 2 N–H and O–H groups in total. The number of carbonyl (C=O) groups is 1. The fourth-order valence-corrected chi connectivity index (χ4v) is 2.07. The lowest BCUT2D eigenvalue weighted by atomic mass is 10.1. The van der Waals surface area contributed by atoms with E-state index >= 15 is 0 Å². The van der Waals surface area contributed by atoms with Gasteiger partial charge < -0.3 is 15.4 Å². The lowest BCUT2D eigenvalue weighted by Gasteiger charge is -2.08. The van der Waals surface area contributed by atoms with E-state index in [1.54, 1.807) is 31.6 Å². The number of hydrogen-bond acceptors (Lipinski definition) is 4. The van der Waals surface area contributed by atoms with Crippen molar-refractivity contribution in [3.05, 3.63) is 66.5 Å². The molecular weight excluding hydrogens is 290 g/mol. The third-order valence-corrected chi connectivity index (χ3v) is 3.31. The van der Waals surface area contributed by atoms with Crippen molar-refractivity contribution in [2.45, 2.75) is 6.42 Å². The highest BCUT2D eigenvalue weighted by molar-refractivity contribution is 5.94. The van der Waals surface area contributed by atoms with Crippen LogP contribution < -0.4 is 15.4 Å². The normalized spacial score (nSPS) is 9.96. The van der Waals surface area contributed by atoms with E-state index < -0.39 is 0 Å². The fraction of sp³-hybridized carbons (Fsp3) is 0.222. The number of amides is 1. The van der Waals surface area contributed by atoms with Crippen molar-refractivity contribution in [1.82, 2.24) is 10.3 Å². The van der Waals surface area contributed by atoms with Crippen molar-refractivity contribution in [2.75, 3.05) is 25.5 Å². The molecule has 5 nitrogen and oxygen atoms in total. The first-order chi connectivity index (χ1) is 11.2. The van der Waals surface area contributed by atoms with Gasteiger partial charge in [0.15, 0.2) is 0 Å². The van der Waals surface area contributed by atoms with Gasteiger partial charge in [-0.15, -0.1) is 6.58 Å². The van der Waals surface area contributed by atoms with E-state index in [1.165, 1.54) is 5.56 Å². The van der Waals surface area contributed by atoms with Gasteiger partial charge in [-0.1, -0.05) is 18.2 Å². The van der Waals surface area contributed by atoms with E-state index in [1.807, 2.05) is 24.3 Å². The molecule has 0 saturated carbocycles. The van der Waals surface area contributed by atoms with Crippen LogP contribution in [-0.2, 0) is 6.42 Å². The van der Waals surface area contributed by atoms with E-state index in [-0.39, 0.29) is 5.91 Å². The van der Waals surface area contributed by atoms with Crippen molar-refractivity contribution >= 4 is 11.6 Å². The van der Waals surface area contributed by atoms with Gasteiger partial charge in [0, 0.05) is 25.5 Å². The van der Waals surface area contributed by atoms with E-state index in [2.05, 4.69) is 22.2 Å². The molecule has 120 valence electrons. The minimum atomic E-state index is -0.156. The van der Waals surface area contributed by atoms with E-state index in [4.69, 9.17) is 4.74 Å². The molecule has 1 aromatic carbocycles. The Labute approximate surface area is 136 Å². The number of ether oxygens (including phenoxy) is 1. The van der Waals surface area contributed by atoms with Crippen LogP contribution in [0.4, 0.5) is 5.69 Å². The molecule has 0 bridgehead atoms. The highest BCUT2D eigenvalue weighted by Crippen LogP contribution is 2.12. The molecule has 0 saturated heterocycles. The molecule has 0 unspecified atom stereocenters. The summed E-state index contributed by atoms with van der Waals surface area (Å²) in [5, 5.41) is 6.01. The lowest BCUT2D eigenvalue weighted by molar-refractivity contribution is 0.0957. The van der Waals surface area contributed by atoms with Gasteiger partial charge in [0.2, 0.25) is 0 Å². The topological polar surface area (TPSA) is 63.2 Å². The molecule has 1 heterocycles. The average molecular weight is 311 g/mol. The van der Waals surface area contributed by atoms with Gasteiger partial charge in [0.05, 0.1) is 18.4 Å². The minimum absolute atomic E-state index is 0.156. The number of methoxy groups -OCH3 is 1. The van der Waals surface area contributed by atoms with Crippen LogP contribution in [0.5, 0.6) is 5.75 Å². The maximum absolute atomic E-state index is 11.9. The van der Waals surface area contributed by atoms with E-state index in [9.17, 15) is 4.79 Å². The molecule has 0 atom stereocenters. The molecule has 2 rings (SSSR count). The number of benzene rings is 1. The Kier molecular flexibility index (Phi) is 6.17. The second kappa shape index (κ2) is 8.58. The highest BCUT2D eigenvalue weighted by atomic mass is 16.5. The number of nitrogens with one attached hydrogen (secondary N) is 2. The summed E-state index contributed by atoms with van der Waals surface area (Å²) < 4.78 is 5.14. The number of aromatic nitrogens is 1. The van der Waals surface area contributed by atoms with Gasteiger partial charge in [0.25, 0.3) is 5.91 Å². The second-order valence-corrected chi connectivity index (χ2v) is 4.99. The zero-order valence-electron chi connectivity index (χ0n) is 13.2. The van der Waals surface area contributed by atoms with E-state index in [0.717, 1.165) is 24.4 Å². The molecule has 0 aliphatic rings. The SMILES string of the molecule is C=CCNC(=O)c1cncc(NCCc2ccc(OC)cc2)c1. The van der Waals surface area contributed by atoms with Gasteiger partial charge in [-0.25, -0.2) is 0 Å². The monoisotopic (exact) mass is 311 g/mol. The number of pyridine rings is 1. The third-order valence-electron chi connectivity index (χ3n) is 3.31. The molecule has 2 aromatic rings. The van der Waals surface area contributed by atoms with E-state index in [0.29, 0.717) is 12.1 Å². The molecule has 1 amide bonds. The maximum Gasteiger partial charge on any atom is 0.253 e. The van der Waals surface area contributed by atoms with Crippen molar-refractivity contribution in [1.29, 1.82) is 0 Å².